The van der Waals surface area contributed by atoms with Crippen molar-refractivity contribution in [3.8, 4) is 0 Å². The summed E-state index contributed by atoms with van der Waals surface area (Å²) in [6.07, 6.45) is 3.94. The van der Waals surface area contributed by atoms with E-state index in [1.807, 2.05) is 13.8 Å². The minimum Gasteiger partial charge on any atom is -0.0683 e. The lowest BCUT2D eigenvalue weighted by Crippen LogP contribution is -2.01. The van der Waals surface area contributed by atoms with Crippen molar-refractivity contribution in [2.75, 3.05) is 0 Å². The van der Waals surface area contributed by atoms with E-state index < -0.39 is 0 Å². The van der Waals surface area contributed by atoms with Crippen molar-refractivity contribution in [1.29, 1.82) is 0 Å². The summed E-state index contributed by atoms with van der Waals surface area (Å²) in [5.41, 5.74) is 1.48. The van der Waals surface area contributed by atoms with Gasteiger partial charge >= 0.3 is 0 Å². The minimum absolute atomic E-state index is 0.819. The highest BCUT2D eigenvalue weighted by Crippen LogP contribution is 2.16. The Morgan fingerprint density at radius 2 is 1.44 bits per heavy atom. The van der Waals surface area contributed by atoms with Crippen LogP contribution in [0.4, 0.5) is 0 Å². The van der Waals surface area contributed by atoms with Gasteiger partial charge in [0, 0.05) is 0 Å². The first-order valence-corrected chi connectivity index (χ1v) is 6.72. The molecule has 0 aromatic heterocycles. The van der Waals surface area contributed by atoms with Crippen molar-refractivity contribution in [3.05, 3.63) is 35.9 Å². The molecule has 0 nitrogen and oxygen atoms in total. The fraction of sp³-hybridized carbons (Fsp3) is 0.625. The normalized spacial score (nSPS) is 11.9. The van der Waals surface area contributed by atoms with Crippen molar-refractivity contribution in [2.24, 2.45) is 11.8 Å². The Hall–Kier alpha value is -0.780. The highest BCUT2D eigenvalue weighted by molar-refractivity contribution is 5.14. The third-order valence-corrected chi connectivity index (χ3v) is 2.66. The number of benzene rings is 1. The molecule has 0 fully saturated rings. The van der Waals surface area contributed by atoms with Gasteiger partial charge in [-0.05, 0) is 23.8 Å². The second kappa shape index (κ2) is 9.45. The molecule has 0 heterocycles. The summed E-state index contributed by atoms with van der Waals surface area (Å²) in [6.45, 7) is 11.0. The summed E-state index contributed by atoms with van der Waals surface area (Å²) in [6, 6.07) is 10.8. The fourth-order valence-electron chi connectivity index (χ4n) is 1.74. The molecular formula is C16H28. The van der Waals surface area contributed by atoms with Gasteiger partial charge in [-0.3, -0.25) is 0 Å². The molecule has 16 heavy (non-hydrogen) atoms. The van der Waals surface area contributed by atoms with Gasteiger partial charge in [0.25, 0.3) is 0 Å². The molecule has 0 aliphatic heterocycles. The zero-order chi connectivity index (χ0) is 12.4. The van der Waals surface area contributed by atoms with E-state index in [2.05, 4.69) is 51.1 Å². The summed E-state index contributed by atoms with van der Waals surface area (Å²) in [4.78, 5) is 0. The van der Waals surface area contributed by atoms with Crippen LogP contribution in [0.2, 0.25) is 0 Å². The molecule has 0 spiro atoms. The summed E-state index contributed by atoms with van der Waals surface area (Å²) < 4.78 is 0. The highest BCUT2D eigenvalue weighted by Gasteiger charge is 2.04. The lowest BCUT2D eigenvalue weighted by molar-refractivity contribution is 0.448. The van der Waals surface area contributed by atoms with Gasteiger partial charge in [-0.15, -0.1) is 0 Å². The van der Waals surface area contributed by atoms with E-state index in [0.29, 0.717) is 0 Å². The maximum atomic E-state index is 2.36. The number of rotatable bonds is 5. The lowest BCUT2D eigenvalue weighted by atomic mass is 9.93. The Morgan fingerprint density at radius 3 is 1.94 bits per heavy atom. The van der Waals surface area contributed by atoms with Crippen molar-refractivity contribution < 1.29 is 0 Å². The lowest BCUT2D eigenvalue weighted by Gasteiger charge is -2.12. The first-order chi connectivity index (χ1) is 7.68. The maximum absolute atomic E-state index is 2.36. The smallest absolute Gasteiger partial charge is 0.0253 e. The van der Waals surface area contributed by atoms with E-state index in [0.717, 1.165) is 11.8 Å². The van der Waals surface area contributed by atoms with Crippen LogP contribution in [-0.4, -0.2) is 0 Å². The SMILES string of the molecule is CC.CC(C)CCC(C)Cc1ccccc1. The molecule has 0 aliphatic carbocycles. The van der Waals surface area contributed by atoms with Gasteiger partial charge in [0.2, 0.25) is 0 Å². The van der Waals surface area contributed by atoms with Crippen LogP contribution in [0.3, 0.4) is 0 Å². The average Bonchev–Trinajstić information content (AvgIpc) is 2.30. The van der Waals surface area contributed by atoms with E-state index >= 15 is 0 Å². The predicted molar refractivity (Wildman–Crippen MR) is 74.7 cm³/mol. The molecule has 0 bridgehead atoms. The summed E-state index contributed by atoms with van der Waals surface area (Å²) in [5, 5.41) is 0. The highest BCUT2D eigenvalue weighted by atomic mass is 14.1. The minimum atomic E-state index is 0.819. The third kappa shape index (κ3) is 7.50. The second-order valence-electron chi connectivity index (χ2n) is 4.77. The van der Waals surface area contributed by atoms with Crippen LogP contribution in [0.15, 0.2) is 30.3 Å². The van der Waals surface area contributed by atoms with Crippen molar-refractivity contribution in [1.82, 2.24) is 0 Å². The molecule has 1 aromatic rings. The van der Waals surface area contributed by atoms with Crippen LogP contribution >= 0.6 is 0 Å². The Labute approximate surface area is 102 Å². The Morgan fingerprint density at radius 1 is 0.875 bits per heavy atom. The summed E-state index contributed by atoms with van der Waals surface area (Å²) in [5.74, 6) is 1.66. The van der Waals surface area contributed by atoms with Crippen molar-refractivity contribution in [3.63, 3.8) is 0 Å². The van der Waals surface area contributed by atoms with Crippen LogP contribution in [0.5, 0.6) is 0 Å². The van der Waals surface area contributed by atoms with Gasteiger partial charge in [-0.2, -0.15) is 0 Å². The van der Waals surface area contributed by atoms with E-state index in [-0.39, 0.29) is 0 Å². The van der Waals surface area contributed by atoms with E-state index in [4.69, 9.17) is 0 Å². The van der Waals surface area contributed by atoms with Gasteiger partial charge in [-0.1, -0.05) is 77.8 Å². The molecule has 1 unspecified atom stereocenters. The summed E-state index contributed by atoms with van der Waals surface area (Å²) in [7, 11) is 0. The molecule has 0 heteroatoms. The summed E-state index contributed by atoms with van der Waals surface area (Å²) >= 11 is 0. The van der Waals surface area contributed by atoms with Gasteiger partial charge in [0.15, 0.2) is 0 Å². The maximum Gasteiger partial charge on any atom is -0.0253 e. The van der Waals surface area contributed by atoms with Crippen molar-refractivity contribution >= 4 is 0 Å². The van der Waals surface area contributed by atoms with Gasteiger partial charge in [0.1, 0.15) is 0 Å². The largest absolute Gasteiger partial charge is 0.0683 e. The number of hydrogen-bond acceptors (Lipinski definition) is 0. The monoisotopic (exact) mass is 220 g/mol. The van der Waals surface area contributed by atoms with Crippen molar-refractivity contribution in [2.45, 2.75) is 53.9 Å². The zero-order valence-corrected chi connectivity index (χ0v) is 11.7. The van der Waals surface area contributed by atoms with Crippen LogP contribution in [0, 0.1) is 11.8 Å². The fourth-order valence-corrected chi connectivity index (χ4v) is 1.74. The molecular weight excluding hydrogens is 192 g/mol. The molecule has 0 saturated heterocycles. The van der Waals surface area contributed by atoms with Gasteiger partial charge in [-0.25, -0.2) is 0 Å². The standard InChI is InChI=1S/C14H22.C2H6/c1-12(2)9-10-13(3)11-14-7-5-4-6-8-14;1-2/h4-8,12-13H,9-11H2,1-3H3;1-2H3. The van der Waals surface area contributed by atoms with Gasteiger partial charge in [0.05, 0.1) is 0 Å². The Kier molecular flexibility index (Phi) is 8.99. The molecule has 1 aromatic carbocycles. The number of hydrogen-bond donors (Lipinski definition) is 0. The molecule has 0 aliphatic rings. The Balaban J connectivity index is 0.00000106. The third-order valence-electron chi connectivity index (χ3n) is 2.66. The van der Waals surface area contributed by atoms with Gasteiger partial charge < -0.3 is 0 Å². The second-order valence-corrected chi connectivity index (χ2v) is 4.77. The molecule has 92 valence electrons. The Bertz CT molecular complexity index is 235. The average molecular weight is 220 g/mol. The van der Waals surface area contributed by atoms with Crippen LogP contribution in [-0.2, 0) is 6.42 Å². The molecule has 0 radical (unpaired) electrons. The predicted octanol–water partition coefficient (Wildman–Crippen LogP) is 5.33. The molecule has 0 N–H and O–H groups in total. The molecule has 0 saturated carbocycles. The molecule has 1 atom stereocenters. The van der Waals surface area contributed by atoms with Crippen LogP contribution in [0.1, 0.15) is 53.0 Å². The quantitative estimate of drug-likeness (QED) is 0.629. The topological polar surface area (TPSA) is 0 Å². The van der Waals surface area contributed by atoms with E-state index in [9.17, 15) is 0 Å². The first-order valence-electron chi connectivity index (χ1n) is 6.72. The zero-order valence-electron chi connectivity index (χ0n) is 11.7. The van der Waals surface area contributed by atoms with E-state index in [1.54, 1.807) is 0 Å². The molecule has 1 rings (SSSR count). The van der Waals surface area contributed by atoms with E-state index in [1.165, 1.54) is 24.8 Å². The molecule has 0 amide bonds. The first kappa shape index (κ1) is 15.2. The van der Waals surface area contributed by atoms with Crippen LogP contribution < -0.4 is 0 Å². The van der Waals surface area contributed by atoms with Crippen LogP contribution in [0.25, 0.3) is 0 Å².